The number of quaternary nitrogens is 1. The summed E-state index contributed by atoms with van der Waals surface area (Å²) in [5, 5.41) is 1.19. The van der Waals surface area contributed by atoms with E-state index in [9.17, 15) is 0 Å². The number of halogens is 4. The SMILES string of the molecule is CC[N+]1(CCCN(C)C)C(C)=Nc2cc(Cl)c(Cl)cc21.Cl.[Cl-]. The van der Waals surface area contributed by atoms with Crippen molar-refractivity contribution in [2.24, 2.45) is 4.99 Å². The van der Waals surface area contributed by atoms with Crippen molar-refractivity contribution >= 4 is 52.8 Å². The molecule has 1 heterocycles. The van der Waals surface area contributed by atoms with Gasteiger partial charge in [0.2, 0.25) is 5.84 Å². The molecule has 0 bridgehead atoms. The summed E-state index contributed by atoms with van der Waals surface area (Å²) in [6, 6.07) is 3.86. The normalized spacial score (nSPS) is 19.3. The second-order valence-corrected chi connectivity index (χ2v) is 6.39. The highest BCUT2D eigenvalue weighted by Gasteiger charge is 2.40. The van der Waals surface area contributed by atoms with Gasteiger partial charge in [0.1, 0.15) is 5.69 Å². The van der Waals surface area contributed by atoms with E-state index in [1.165, 1.54) is 5.69 Å². The van der Waals surface area contributed by atoms with Crippen LogP contribution in [0.15, 0.2) is 17.1 Å². The molecule has 22 heavy (non-hydrogen) atoms. The third-order valence-electron chi connectivity index (χ3n) is 4.07. The summed E-state index contributed by atoms with van der Waals surface area (Å²) in [5.74, 6) is 1.12. The first-order valence-electron chi connectivity index (χ1n) is 6.98. The van der Waals surface area contributed by atoms with Crippen LogP contribution < -0.4 is 16.9 Å². The Morgan fingerprint density at radius 3 is 2.32 bits per heavy atom. The van der Waals surface area contributed by atoms with Gasteiger partial charge in [0.25, 0.3) is 0 Å². The number of amidine groups is 1. The number of aliphatic imine (C=N–C) groups is 1. The smallest absolute Gasteiger partial charge is 0.205 e. The maximum atomic E-state index is 6.21. The molecule has 3 nitrogen and oxygen atoms in total. The summed E-state index contributed by atoms with van der Waals surface area (Å²) >= 11 is 12.3. The van der Waals surface area contributed by atoms with E-state index in [1.54, 1.807) is 0 Å². The standard InChI is InChI=1S/C15H22Cl2N3.2ClH/c1-5-20(8-6-7-19(3)4)11(2)18-14-9-12(16)13(17)10-15(14)20;;/h9-10H,5-8H2,1-4H3;2*1H/q+1;;/p-1. The number of nitrogens with zero attached hydrogens (tertiary/aromatic N) is 3. The Kier molecular flexibility index (Phi) is 8.71. The molecule has 126 valence electrons. The minimum atomic E-state index is 0. The summed E-state index contributed by atoms with van der Waals surface area (Å²) in [5.41, 5.74) is 2.14. The zero-order chi connectivity index (χ0) is 14.9. The molecule has 1 aromatic carbocycles. The van der Waals surface area contributed by atoms with E-state index in [2.05, 4.69) is 32.8 Å². The van der Waals surface area contributed by atoms with Crippen LogP contribution in [0.5, 0.6) is 0 Å². The van der Waals surface area contributed by atoms with Gasteiger partial charge in [0, 0.05) is 26.0 Å². The first-order valence-corrected chi connectivity index (χ1v) is 7.73. The third kappa shape index (κ3) is 4.08. The molecule has 0 saturated heterocycles. The van der Waals surface area contributed by atoms with Gasteiger partial charge in [-0.05, 0) is 27.1 Å². The van der Waals surface area contributed by atoms with Crippen molar-refractivity contribution < 1.29 is 12.4 Å². The topological polar surface area (TPSA) is 15.6 Å². The Balaban J connectivity index is 0.00000220. The predicted octanol–water partition coefficient (Wildman–Crippen LogP) is 1.76. The zero-order valence-electron chi connectivity index (χ0n) is 13.4. The predicted molar refractivity (Wildman–Crippen MR) is 96.9 cm³/mol. The van der Waals surface area contributed by atoms with E-state index < -0.39 is 0 Å². The molecule has 7 heteroatoms. The summed E-state index contributed by atoms with van der Waals surface area (Å²) in [6.45, 7) is 7.39. The maximum absolute atomic E-state index is 6.21. The Labute approximate surface area is 155 Å². The Morgan fingerprint density at radius 2 is 1.77 bits per heavy atom. The van der Waals surface area contributed by atoms with Crippen molar-refractivity contribution in [2.45, 2.75) is 20.3 Å². The second-order valence-electron chi connectivity index (χ2n) is 5.58. The van der Waals surface area contributed by atoms with Crippen LogP contribution in [0.2, 0.25) is 10.0 Å². The molecule has 0 N–H and O–H groups in total. The molecule has 1 atom stereocenters. The van der Waals surface area contributed by atoms with Gasteiger partial charge in [-0.2, -0.15) is 4.99 Å². The average molecular weight is 387 g/mol. The molecule has 0 radical (unpaired) electrons. The number of rotatable bonds is 5. The lowest BCUT2D eigenvalue weighted by molar-refractivity contribution is -0.00000436. The fourth-order valence-corrected chi connectivity index (χ4v) is 3.21. The highest BCUT2D eigenvalue weighted by Crippen LogP contribution is 2.44. The van der Waals surface area contributed by atoms with Crippen molar-refractivity contribution in [2.75, 3.05) is 33.7 Å². The average Bonchev–Trinajstić information content (AvgIpc) is 2.63. The van der Waals surface area contributed by atoms with E-state index in [4.69, 9.17) is 28.2 Å². The van der Waals surface area contributed by atoms with Gasteiger partial charge in [-0.3, -0.25) is 0 Å². The van der Waals surface area contributed by atoms with Gasteiger partial charge >= 0.3 is 0 Å². The van der Waals surface area contributed by atoms with Gasteiger partial charge in [-0.15, -0.1) is 12.4 Å². The Hall–Kier alpha value is -0.0300. The minimum absolute atomic E-state index is 0. The number of hydrogen-bond donors (Lipinski definition) is 0. The molecule has 0 aromatic heterocycles. The number of benzene rings is 1. The summed E-state index contributed by atoms with van der Waals surface area (Å²) in [6.07, 6.45) is 1.12. The van der Waals surface area contributed by atoms with Crippen LogP contribution in [0.25, 0.3) is 0 Å². The second kappa shape index (κ2) is 8.72. The molecular formula is C15H23Cl4N3. The molecule has 1 aliphatic heterocycles. The summed E-state index contributed by atoms with van der Waals surface area (Å²) in [7, 11) is 4.21. The highest BCUT2D eigenvalue weighted by molar-refractivity contribution is 6.42. The molecular weight excluding hydrogens is 364 g/mol. The Bertz CT molecular complexity index is 546. The lowest BCUT2D eigenvalue weighted by Gasteiger charge is -2.33. The minimum Gasteiger partial charge on any atom is -1.00 e. The molecule has 0 saturated carbocycles. The van der Waals surface area contributed by atoms with Gasteiger partial charge in [0.15, 0.2) is 5.69 Å². The van der Waals surface area contributed by atoms with Crippen molar-refractivity contribution in [3.8, 4) is 0 Å². The van der Waals surface area contributed by atoms with Crippen molar-refractivity contribution in [1.29, 1.82) is 0 Å². The number of hydrogen-bond acceptors (Lipinski definition) is 2. The van der Waals surface area contributed by atoms with Crippen LogP contribution in [0.3, 0.4) is 0 Å². The molecule has 0 amide bonds. The molecule has 0 spiro atoms. The van der Waals surface area contributed by atoms with E-state index >= 15 is 0 Å². The fraction of sp³-hybridized carbons (Fsp3) is 0.533. The van der Waals surface area contributed by atoms with Crippen molar-refractivity contribution in [1.82, 2.24) is 9.38 Å². The number of fused-ring (bicyclic) bond motifs is 1. The van der Waals surface area contributed by atoms with Crippen LogP contribution in [0.4, 0.5) is 11.4 Å². The van der Waals surface area contributed by atoms with Crippen molar-refractivity contribution in [3.63, 3.8) is 0 Å². The quantitative estimate of drug-likeness (QED) is 0.704. The lowest BCUT2D eigenvalue weighted by Crippen LogP contribution is -3.00. The van der Waals surface area contributed by atoms with Gasteiger partial charge < -0.3 is 17.3 Å². The van der Waals surface area contributed by atoms with Gasteiger partial charge in [-0.25, -0.2) is 4.48 Å². The van der Waals surface area contributed by atoms with E-state index in [1.807, 2.05) is 12.1 Å². The molecule has 2 rings (SSSR count). The van der Waals surface area contributed by atoms with Crippen LogP contribution in [-0.2, 0) is 0 Å². The summed E-state index contributed by atoms with van der Waals surface area (Å²) < 4.78 is 0.792. The fourth-order valence-electron chi connectivity index (χ4n) is 2.90. The largest absolute Gasteiger partial charge is 1.00 e. The Morgan fingerprint density at radius 1 is 1.18 bits per heavy atom. The van der Waals surface area contributed by atoms with E-state index in [-0.39, 0.29) is 24.8 Å². The molecule has 0 aliphatic carbocycles. The van der Waals surface area contributed by atoms with Crippen LogP contribution in [0, 0.1) is 0 Å². The van der Waals surface area contributed by atoms with Crippen molar-refractivity contribution in [3.05, 3.63) is 22.2 Å². The molecule has 1 unspecified atom stereocenters. The summed E-state index contributed by atoms with van der Waals surface area (Å²) in [4.78, 5) is 6.92. The van der Waals surface area contributed by atoms with Crippen LogP contribution in [-0.4, -0.2) is 44.5 Å². The molecule has 0 fully saturated rings. The van der Waals surface area contributed by atoms with Gasteiger partial charge in [0.05, 0.1) is 23.1 Å². The molecule has 1 aliphatic rings. The zero-order valence-corrected chi connectivity index (χ0v) is 16.5. The maximum Gasteiger partial charge on any atom is 0.205 e. The lowest BCUT2D eigenvalue weighted by atomic mass is 10.2. The van der Waals surface area contributed by atoms with E-state index in [0.717, 1.165) is 42.1 Å². The van der Waals surface area contributed by atoms with Crippen LogP contribution in [0.1, 0.15) is 20.3 Å². The molecule has 1 aromatic rings. The van der Waals surface area contributed by atoms with E-state index in [0.29, 0.717) is 10.0 Å². The van der Waals surface area contributed by atoms with Crippen LogP contribution >= 0.6 is 35.6 Å². The first-order chi connectivity index (χ1) is 9.40. The monoisotopic (exact) mass is 385 g/mol. The first kappa shape index (κ1) is 22.0. The third-order valence-corrected chi connectivity index (χ3v) is 4.79. The van der Waals surface area contributed by atoms with Gasteiger partial charge in [-0.1, -0.05) is 23.2 Å². The highest BCUT2D eigenvalue weighted by atomic mass is 35.5.